The zero-order valence-electron chi connectivity index (χ0n) is 15.3. The van der Waals surface area contributed by atoms with E-state index >= 15 is 0 Å². The van der Waals surface area contributed by atoms with Crippen LogP contribution in [-0.4, -0.2) is 36.6 Å². The molecule has 27 heavy (non-hydrogen) atoms. The zero-order valence-corrected chi connectivity index (χ0v) is 15.3. The van der Waals surface area contributed by atoms with Crippen LogP contribution in [0.25, 0.3) is 11.1 Å². The monoisotopic (exact) mass is 373 g/mol. The number of hydrogen-bond acceptors (Lipinski definition) is 4. The predicted octanol–water partition coefficient (Wildman–Crippen LogP) is 3.05. The van der Waals surface area contributed by atoms with Gasteiger partial charge < -0.3 is 19.9 Å². The molecule has 2 unspecified atom stereocenters. The Morgan fingerprint density at radius 3 is 2.85 bits per heavy atom. The van der Waals surface area contributed by atoms with Crippen LogP contribution in [0.2, 0.25) is 0 Å². The second-order valence-electron chi connectivity index (χ2n) is 6.67. The third-order valence-electron chi connectivity index (χ3n) is 4.46. The molecule has 0 aliphatic carbocycles. The van der Waals surface area contributed by atoms with Crippen LogP contribution >= 0.6 is 0 Å². The van der Waals surface area contributed by atoms with E-state index in [2.05, 4.69) is 5.32 Å². The Balaban J connectivity index is 1.82. The summed E-state index contributed by atoms with van der Waals surface area (Å²) in [6, 6.07) is 12.0. The van der Waals surface area contributed by atoms with Crippen molar-refractivity contribution in [3.8, 4) is 16.9 Å². The van der Waals surface area contributed by atoms with Crippen LogP contribution in [-0.2, 0) is 16.0 Å². The molecular formula is C21H24FNO4. The minimum absolute atomic E-state index is 0.0844. The molecule has 1 saturated heterocycles. The van der Waals surface area contributed by atoms with Crippen LogP contribution in [0.4, 0.5) is 4.39 Å². The number of aliphatic hydroxyl groups excluding tert-OH is 1. The third-order valence-corrected chi connectivity index (χ3v) is 4.46. The maximum absolute atomic E-state index is 13.7. The standard InChI is InChI=1S/C21H24FNO4/c1-14(24)23-10-9-15-5-7-19(27-21-8-6-18(25)13-26-21)12-20(15)16-3-2-4-17(22)11-16/h2-5,7,11-12,18,21,25H,6,8-10,13H2,1H3,(H,23,24). The van der Waals surface area contributed by atoms with E-state index in [-0.39, 0.29) is 18.3 Å². The number of rotatable bonds is 6. The number of carbonyl (C=O) groups excluding carboxylic acids is 1. The molecule has 1 aliphatic rings. The molecule has 0 saturated carbocycles. The molecule has 6 heteroatoms. The lowest BCUT2D eigenvalue weighted by molar-refractivity contribution is -0.141. The van der Waals surface area contributed by atoms with E-state index in [1.165, 1.54) is 19.1 Å². The number of nitrogens with one attached hydrogen (secondary N) is 1. The molecule has 2 aromatic carbocycles. The van der Waals surface area contributed by atoms with Crippen LogP contribution < -0.4 is 10.1 Å². The maximum atomic E-state index is 13.7. The van der Waals surface area contributed by atoms with Gasteiger partial charge in [-0.2, -0.15) is 0 Å². The van der Waals surface area contributed by atoms with Crippen molar-refractivity contribution in [3.05, 3.63) is 53.8 Å². The Morgan fingerprint density at radius 1 is 1.30 bits per heavy atom. The van der Waals surface area contributed by atoms with E-state index in [0.29, 0.717) is 31.6 Å². The van der Waals surface area contributed by atoms with Crippen LogP contribution in [0.5, 0.6) is 5.75 Å². The highest BCUT2D eigenvalue weighted by atomic mass is 19.1. The molecule has 2 atom stereocenters. The third kappa shape index (κ3) is 5.52. The number of halogens is 1. The van der Waals surface area contributed by atoms with Crippen molar-refractivity contribution >= 4 is 5.91 Å². The second-order valence-corrected chi connectivity index (χ2v) is 6.67. The van der Waals surface area contributed by atoms with E-state index < -0.39 is 12.4 Å². The van der Waals surface area contributed by atoms with Gasteiger partial charge in [-0.05, 0) is 53.8 Å². The van der Waals surface area contributed by atoms with Gasteiger partial charge in [0.15, 0.2) is 6.29 Å². The normalized spacial score (nSPS) is 19.5. The fourth-order valence-corrected chi connectivity index (χ4v) is 3.10. The molecule has 144 valence electrons. The molecule has 1 amide bonds. The van der Waals surface area contributed by atoms with Crippen molar-refractivity contribution in [2.75, 3.05) is 13.2 Å². The van der Waals surface area contributed by atoms with Crippen molar-refractivity contribution in [2.45, 2.75) is 38.6 Å². The molecule has 2 aromatic rings. The quantitative estimate of drug-likeness (QED) is 0.817. The summed E-state index contributed by atoms with van der Waals surface area (Å²) in [5, 5.41) is 12.3. The lowest BCUT2D eigenvalue weighted by Crippen LogP contribution is -2.32. The van der Waals surface area contributed by atoms with Crippen LogP contribution in [0.1, 0.15) is 25.3 Å². The summed E-state index contributed by atoms with van der Waals surface area (Å²) in [6.07, 6.45) is 1.03. The molecule has 0 radical (unpaired) electrons. The fourth-order valence-electron chi connectivity index (χ4n) is 3.10. The minimum Gasteiger partial charge on any atom is -0.465 e. The van der Waals surface area contributed by atoms with Gasteiger partial charge in [0.1, 0.15) is 11.6 Å². The summed E-state index contributed by atoms with van der Waals surface area (Å²) in [5.74, 6) is 0.231. The van der Waals surface area contributed by atoms with Crippen molar-refractivity contribution in [1.29, 1.82) is 0 Å². The van der Waals surface area contributed by atoms with E-state index in [0.717, 1.165) is 16.7 Å². The SMILES string of the molecule is CC(=O)NCCc1ccc(OC2CCC(O)CO2)cc1-c1cccc(F)c1. The Bertz CT molecular complexity index is 788. The van der Waals surface area contributed by atoms with Gasteiger partial charge in [-0.25, -0.2) is 4.39 Å². The number of benzene rings is 2. The highest BCUT2D eigenvalue weighted by Gasteiger charge is 2.21. The summed E-state index contributed by atoms with van der Waals surface area (Å²) in [6.45, 7) is 2.24. The smallest absolute Gasteiger partial charge is 0.216 e. The Hall–Kier alpha value is -2.44. The van der Waals surface area contributed by atoms with Gasteiger partial charge in [0.25, 0.3) is 0 Å². The van der Waals surface area contributed by atoms with Crippen LogP contribution in [0, 0.1) is 5.82 Å². The second kappa shape index (κ2) is 8.97. The molecule has 3 rings (SSSR count). The van der Waals surface area contributed by atoms with Crippen molar-refractivity contribution < 1.29 is 23.8 Å². The lowest BCUT2D eigenvalue weighted by Gasteiger charge is -2.27. The number of hydrogen-bond donors (Lipinski definition) is 2. The first kappa shape index (κ1) is 19.3. The number of ether oxygens (including phenoxy) is 2. The summed E-state index contributed by atoms with van der Waals surface area (Å²) < 4.78 is 25.1. The minimum atomic E-state index is -0.441. The molecule has 0 bridgehead atoms. The van der Waals surface area contributed by atoms with Crippen molar-refractivity contribution in [2.24, 2.45) is 0 Å². The predicted molar refractivity (Wildman–Crippen MR) is 99.8 cm³/mol. The number of carbonyl (C=O) groups is 1. The van der Waals surface area contributed by atoms with Gasteiger partial charge in [0.05, 0.1) is 12.7 Å². The molecule has 2 N–H and O–H groups in total. The molecule has 1 fully saturated rings. The van der Waals surface area contributed by atoms with Gasteiger partial charge in [0.2, 0.25) is 5.91 Å². The van der Waals surface area contributed by atoms with E-state index in [4.69, 9.17) is 9.47 Å². The molecule has 5 nitrogen and oxygen atoms in total. The highest BCUT2D eigenvalue weighted by Crippen LogP contribution is 2.30. The van der Waals surface area contributed by atoms with Crippen molar-refractivity contribution in [1.82, 2.24) is 5.32 Å². The summed E-state index contributed by atoms with van der Waals surface area (Å²) >= 11 is 0. The van der Waals surface area contributed by atoms with Gasteiger partial charge in [-0.3, -0.25) is 4.79 Å². The molecule has 1 heterocycles. The Morgan fingerprint density at radius 2 is 2.15 bits per heavy atom. The highest BCUT2D eigenvalue weighted by molar-refractivity contribution is 5.73. The van der Waals surface area contributed by atoms with Gasteiger partial charge >= 0.3 is 0 Å². The fraction of sp³-hybridized carbons (Fsp3) is 0.381. The molecule has 0 aromatic heterocycles. The maximum Gasteiger partial charge on any atom is 0.216 e. The summed E-state index contributed by atoms with van der Waals surface area (Å²) in [5.41, 5.74) is 2.59. The lowest BCUT2D eigenvalue weighted by atomic mass is 9.97. The summed E-state index contributed by atoms with van der Waals surface area (Å²) in [4.78, 5) is 11.1. The Labute approximate surface area is 158 Å². The van der Waals surface area contributed by atoms with E-state index in [1.807, 2.05) is 24.3 Å². The average molecular weight is 373 g/mol. The number of aliphatic hydroxyl groups is 1. The number of amides is 1. The largest absolute Gasteiger partial charge is 0.465 e. The topological polar surface area (TPSA) is 67.8 Å². The molecular weight excluding hydrogens is 349 g/mol. The van der Waals surface area contributed by atoms with Gasteiger partial charge in [0, 0.05) is 19.9 Å². The van der Waals surface area contributed by atoms with Crippen LogP contribution in [0.3, 0.4) is 0 Å². The van der Waals surface area contributed by atoms with Crippen LogP contribution in [0.15, 0.2) is 42.5 Å². The van der Waals surface area contributed by atoms with Gasteiger partial charge in [-0.1, -0.05) is 18.2 Å². The average Bonchev–Trinajstić information content (AvgIpc) is 2.64. The molecule has 1 aliphatic heterocycles. The first-order valence-electron chi connectivity index (χ1n) is 9.11. The summed E-state index contributed by atoms with van der Waals surface area (Å²) in [7, 11) is 0. The first-order valence-corrected chi connectivity index (χ1v) is 9.11. The van der Waals surface area contributed by atoms with Crippen molar-refractivity contribution in [3.63, 3.8) is 0 Å². The first-order chi connectivity index (χ1) is 13.0. The Kier molecular flexibility index (Phi) is 6.42. The molecule has 0 spiro atoms. The van der Waals surface area contributed by atoms with E-state index in [1.54, 1.807) is 6.07 Å². The van der Waals surface area contributed by atoms with Gasteiger partial charge in [-0.15, -0.1) is 0 Å². The van der Waals surface area contributed by atoms with E-state index in [9.17, 15) is 14.3 Å². The zero-order chi connectivity index (χ0) is 19.2.